The Morgan fingerprint density at radius 3 is 2.50 bits per heavy atom. The molecule has 0 aliphatic heterocycles. The summed E-state index contributed by atoms with van der Waals surface area (Å²) in [5.74, 6) is 1.75. The van der Waals surface area contributed by atoms with E-state index in [0.717, 1.165) is 18.8 Å². The largest absolute Gasteiger partial charge is 0.354 e. The normalized spacial score (nSPS) is 14.8. The molecule has 1 aromatic heterocycles. The molecule has 0 bridgehead atoms. The van der Waals surface area contributed by atoms with Crippen LogP contribution in [0, 0.1) is 5.92 Å². The zero-order chi connectivity index (χ0) is 14.7. The van der Waals surface area contributed by atoms with Gasteiger partial charge in [0, 0.05) is 30.4 Å². The summed E-state index contributed by atoms with van der Waals surface area (Å²) < 4.78 is 0. The Labute approximate surface area is 123 Å². The van der Waals surface area contributed by atoms with Crippen LogP contribution >= 0.6 is 0 Å². The molecule has 112 valence electrons. The van der Waals surface area contributed by atoms with Gasteiger partial charge in [-0.25, -0.2) is 4.98 Å². The molecule has 2 N–H and O–H groups in total. The van der Waals surface area contributed by atoms with Gasteiger partial charge in [0.1, 0.15) is 5.82 Å². The zero-order valence-corrected chi connectivity index (χ0v) is 13.4. The number of hydrogen-bond donors (Lipinski definition) is 1. The van der Waals surface area contributed by atoms with Crippen LogP contribution in [-0.2, 0) is 19.4 Å². The number of aromatic nitrogens is 1. The van der Waals surface area contributed by atoms with Crippen molar-refractivity contribution in [1.29, 1.82) is 0 Å². The number of aryl methyl sites for hydroxylation is 2. The standard InChI is InChI=1S/C17H29N3/c1-12(2)11-20(13(3)4)17-15(10-18)9-14-7-5-6-8-16(14)19-17/h9,12-13H,5-8,10-11,18H2,1-4H3. The molecule has 1 aliphatic rings. The van der Waals surface area contributed by atoms with Crippen molar-refractivity contribution >= 4 is 5.82 Å². The third-order valence-electron chi connectivity index (χ3n) is 4.03. The third-order valence-corrected chi connectivity index (χ3v) is 4.03. The first-order valence-corrected chi connectivity index (χ1v) is 8.01. The summed E-state index contributed by atoms with van der Waals surface area (Å²) in [7, 11) is 0. The van der Waals surface area contributed by atoms with Crippen LogP contribution in [0.3, 0.4) is 0 Å². The molecule has 0 aromatic carbocycles. The van der Waals surface area contributed by atoms with Crippen LogP contribution in [0.15, 0.2) is 6.07 Å². The Kier molecular flexibility index (Phi) is 5.03. The van der Waals surface area contributed by atoms with Crippen molar-refractivity contribution in [1.82, 2.24) is 4.98 Å². The van der Waals surface area contributed by atoms with Gasteiger partial charge >= 0.3 is 0 Å². The summed E-state index contributed by atoms with van der Waals surface area (Å²) in [6.45, 7) is 10.6. The lowest BCUT2D eigenvalue weighted by molar-refractivity contribution is 0.561. The lowest BCUT2D eigenvalue weighted by Gasteiger charge is -2.32. The van der Waals surface area contributed by atoms with Crippen molar-refractivity contribution in [2.75, 3.05) is 11.4 Å². The third kappa shape index (κ3) is 3.32. The van der Waals surface area contributed by atoms with Crippen molar-refractivity contribution in [2.45, 2.75) is 66.0 Å². The summed E-state index contributed by atoms with van der Waals surface area (Å²) in [4.78, 5) is 7.42. The van der Waals surface area contributed by atoms with Crippen LogP contribution < -0.4 is 10.6 Å². The van der Waals surface area contributed by atoms with E-state index in [-0.39, 0.29) is 0 Å². The molecule has 0 fully saturated rings. The van der Waals surface area contributed by atoms with Crippen molar-refractivity contribution in [2.24, 2.45) is 11.7 Å². The Bertz CT molecular complexity index is 452. The van der Waals surface area contributed by atoms with Crippen LogP contribution in [-0.4, -0.2) is 17.6 Å². The van der Waals surface area contributed by atoms with Gasteiger partial charge in [0.15, 0.2) is 0 Å². The van der Waals surface area contributed by atoms with Crippen molar-refractivity contribution in [3.05, 3.63) is 22.9 Å². The van der Waals surface area contributed by atoms with Crippen molar-refractivity contribution in [3.8, 4) is 0 Å². The van der Waals surface area contributed by atoms with Crippen molar-refractivity contribution in [3.63, 3.8) is 0 Å². The van der Waals surface area contributed by atoms with E-state index in [2.05, 4.69) is 38.7 Å². The summed E-state index contributed by atoms with van der Waals surface area (Å²) in [6, 6.07) is 2.77. The van der Waals surface area contributed by atoms with E-state index in [4.69, 9.17) is 10.7 Å². The lowest BCUT2D eigenvalue weighted by Crippen LogP contribution is -2.36. The second-order valence-electron chi connectivity index (χ2n) is 6.63. The number of nitrogens with zero attached hydrogens (tertiary/aromatic N) is 2. The maximum atomic E-state index is 5.99. The topological polar surface area (TPSA) is 42.2 Å². The number of fused-ring (bicyclic) bond motifs is 1. The predicted octanol–water partition coefficient (Wildman–Crippen LogP) is 3.29. The van der Waals surface area contributed by atoms with E-state index in [1.807, 2.05) is 0 Å². The fourth-order valence-corrected chi connectivity index (χ4v) is 3.00. The molecule has 20 heavy (non-hydrogen) atoms. The van der Waals surface area contributed by atoms with Crippen LogP contribution in [0.5, 0.6) is 0 Å². The van der Waals surface area contributed by atoms with Gasteiger partial charge in [-0.15, -0.1) is 0 Å². The van der Waals surface area contributed by atoms with Crippen LogP contribution in [0.2, 0.25) is 0 Å². The average molecular weight is 275 g/mol. The molecular weight excluding hydrogens is 246 g/mol. The molecule has 0 atom stereocenters. The molecule has 1 heterocycles. The zero-order valence-electron chi connectivity index (χ0n) is 13.4. The lowest BCUT2D eigenvalue weighted by atomic mass is 9.94. The Morgan fingerprint density at radius 1 is 1.20 bits per heavy atom. The average Bonchev–Trinajstić information content (AvgIpc) is 2.42. The minimum absolute atomic E-state index is 0.455. The quantitative estimate of drug-likeness (QED) is 0.896. The Morgan fingerprint density at radius 2 is 1.90 bits per heavy atom. The molecule has 0 saturated heterocycles. The Balaban J connectivity index is 2.41. The molecule has 0 saturated carbocycles. The number of pyridine rings is 1. The molecule has 3 nitrogen and oxygen atoms in total. The summed E-state index contributed by atoms with van der Waals surface area (Å²) >= 11 is 0. The first-order valence-electron chi connectivity index (χ1n) is 8.01. The second kappa shape index (κ2) is 6.57. The number of rotatable bonds is 5. The fourth-order valence-electron chi connectivity index (χ4n) is 3.00. The van der Waals surface area contributed by atoms with E-state index in [0.29, 0.717) is 18.5 Å². The van der Waals surface area contributed by atoms with Gasteiger partial charge in [0.05, 0.1) is 0 Å². The molecule has 2 rings (SSSR count). The SMILES string of the molecule is CC(C)CN(c1nc2c(cc1CN)CCCC2)C(C)C. The van der Waals surface area contributed by atoms with E-state index in [1.165, 1.54) is 36.1 Å². The van der Waals surface area contributed by atoms with Gasteiger partial charge in [-0.05, 0) is 57.1 Å². The summed E-state index contributed by atoms with van der Waals surface area (Å²) in [6.07, 6.45) is 4.85. The molecule has 1 aromatic rings. The van der Waals surface area contributed by atoms with E-state index in [1.54, 1.807) is 0 Å². The molecule has 0 unspecified atom stereocenters. The van der Waals surface area contributed by atoms with Gasteiger partial charge < -0.3 is 10.6 Å². The molecular formula is C17H29N3. The van der Waals surface area contributed by atoms with Gasteiger partial charge in [-0.2, -0.15) is 0 Å². The monoisotopic (exact) mass is 275 g/mol. The van der Waals surface area contributed by atoms with Crippen LogP contribution in [0.1, 0.15) is 57.4 Å². The number of nitrogens with two attached hydrogens (primary N) is 1. The van der Waals surface area contributed by atoms with Crippen LogP contribution in [0.25, 0.3) is 0 Å². The summed E-state index contributed by atoms with van der Waals surface area (Å²) in [5.41, 5.74) is 9.92. The number of anilines is 1. The van der Waals surface area contributed by atoms with E-state index < -0.39 is 0 Å². The first-order chi connectivity index (χ1) is 9.52. The Hall–Kier alpha value is -1.09. The molecule has 0 amide bonds. The fraction of sp³-hybridized carbons (Fsp3) is 0.706. The predicted molar refractivity (Wildman–Crippen MR) is 86.1 cm³/mol. The highest BCUT2D eigenvalue weighted by Gasteiger charge is 2.20. The minimum atomic E-state index is 0.455. The first kappa shape index (κ1) is 15.3. The summed E-state index contributed by atoms with van der Waals surface area (Å²) in [5, 5.41) is 0. The van der Waals surface area contributed by atoms with E-state index in [9.17, 15) is 0 Å². The maximum absolute atomic E-state index is 5.99. The molecule has 0 radical (unpaired) electrons. The van der Waals surface area contributed by atoms with Gasteiger partial charge in [0.2, 0.25) is 0 Å². The minimum Gasteiger partial charge on any atom is -0.354 e. The van der Waals surface area contributed by atoms with Gasteiger partial charge in [-0.1, -0.05) is 13.8 Å². The molecule has 0 spiro atoms. The van der Waals surface area contributed by atoms with Gasteiger partial charge in [0.25, 0.3) is 0 Å². The highest BCUT2D eigenvalue weighted by atomic mass is 15.2. The van der Waals surface area contributed by atoms with E-state index >= 15 is 0 Å². The van der Waals surface area contributed by atoms with Crippen LogP contribution in [0.4, 0.5) is 5.82 Å². The smallest absolute Gasteiger partial charge is 0.133 e. The highest BCUT2D eigenvalue weighted by Crippen LogP contribution is 2.28. The second-order valence-corrected chi connectivity index (χ2v) is 6.63. The number of hydrogen-bond acceptors (Lipinski definition) is 3. The van der Waals surface area contributed by atoms with Crippen molar-refractivity contribution < 1.29 is 0 Å². The highest BCUT2D eigenvalue weighted by molar-refractivity contribution is 5.51. The molecule has 1 aliphatic carbocycles. The molecule has 3 heteroatoms. The maximum Gasteiger partial charge on any atom is 0.133 e. The van der Waals surface area contributed by atoms with Gasteiger partial charge in [-0.3, -0.25) is 0 Å².